The third-order valence-corrected chi connectivity index (χ3v) is 8.24. The Labute approximate surface area is 155 Å². The lowest BCUT2D eigenvalue weighted by molar-refractivity contribution is 0.258. The molecule has 2 aliphatic carbocycles. The van der Waals surface area contributed by atoms with Crippen molar-refractivity contribution in [2.45, 2.75) is 36.6 Å². The number of hydrogen-bond donors (Lipinski definition) is 1. The Kier molecular flexibility index (Phi) is 4.73. The number of rotatable bonds is 3. The van der Waals surface area contributed by atoms with E-state index in [4.69, 9.17) is 12.2 Å². The zero-order valence-electron chi connectivity index (χ0n) is 14.3. The van der Waals surface area contributed by atoms with Gasteiger partial charge in [-0.2, -0.15) is 4.31 Å². The second kappa shape index (κ2) is 6.85. The largest absolute Gasteiger partial charge is 0.360 e. The molecule has 0 spiro atoms. The van der Waals surface area contributed by atoms with E-state index in [0.717, 1.165) is 16.9 Å². The third kappa shape index (κ3) is 3.41. The van der Waals surface area contributed by atoms with Crippen LogP contribution in [0, 0.1) is 11.8 Å². The Morgan fingerprint density at radius 2 is 1.76 bits per heavy atom. The van der Waals surface area contributed by atoms with E-state index in [9.17, 15) is 8.42 Å². The van der Waals surface area contributed by atoms with Crippen LogP contribution < -0.4 is 5.32 Å². The van der Waals surface area contributed by atoms with Crippen molar-refractivity contribution in [1.82, 2.24) is 14.5 Å². The lowest BCUT2D eigenvalue weighted by Crippen LogP contribution is -2.54. The van der Waals surface area contributed by atoms with Gasteiger partial charge in [0.15, 0.2) is 5.11 Å². The summed E-state index contributed by atoms with van der Waals surface area (Å²) in [6, 6.07) is 9.19. The van der Waals surface area contributed by atoms with Gasteiger partial charge in [0.1, 0.15) is 0 Å². The Hall–Kier alpha value is -1.18. The van der Waals surface area contributed by atoms with Gasteiger partial charge in [-0.3, -0.25) is 0 Å². The van der Waals surface area contributed by atoms with Crippen LogP contribution >= 0.6 is 12.2 Å². The first-order valence-corrected chi connectivity index (χ1v) is 11.0. The number of sulfonamides is 1. The Morgan fingerprint density at radius 3 is 2.36 bits per heavy atom. The maximum absolute atomic E-state index is 12.7. The van der Waals surface area contributed by atoms with Gasteiger partial charge < -0.3 is 10.2 Å². The molecule has 0 unspecified atom stereocenters. The van der Waals surface area contributed by atoms with Crippen molar-refractivity contribution >= 4 is 27.4 Å². The zero-order chi connectivity index (χ0) is 17.4. The maximum atomic E-state index is 12.7. The number of piperazine rings is 1. The summed E-state index contributed by atoms with van der Waals surface area (Å²) >= 11 is 5.60. The van der Waals surface area contributed by atoms with E-state index >= 15 is 0 Å². The van der Waals surface area contributed by atoms with Crippen molar-refractivity contribution in [3.63, 3.8) is 0 Å². The number of thiocarbonyl (C=S) groups is 1. The summed E-state index contributed by atoms with van der Waals surface area (Å²) in [4.78, 5) is 2.49. The molecular weight excluding hydrogens is 354 g/mol. The highest BCUT2D eigenvalue weighted by Gasteiger charge is 2.40. The van der Waals surface area contributed by atoms with Gasteiger partial charge in [0, 0.05) is 32.2 Å². The highest BCUT2D eigenvalue weighted by molar-refractivity contribution is 7.89. The molecule has 7 heteroatoms. The molecule has 1 N–H and O–H groups in total. The summed E-state index contributed by atoms with van der Waals surface area (Å²) < 4.78 is 26.9. The van der Waals surface area contributed by atoms with Crippen molar-refractivity contribution in [2.75, 3.05) is 26.2 Å². The Bertz CT molecular complexity index is 730. The minimum Gasteiger partial charge on any atom is -0.360 e. The minimum absolute atomic E-state index is 0.367. The number of benzene rings is 1. The lowest BCUT2D eigenvalue weighted by atomic mass is 9.95. The quantitative estimate of drug-likeness (QED) is 0.815. The van der Waals surface area contributed by atoms with Crippen LogP contribution in [-0.2, 0) is 10.0 Å². The number of nitrogens with one attached hydrogen (secondary N) is 1. The smallest absolute Gasteiger partial charge is 0.243 e. The third-order valence-electron chi connectivity index (χ3n) is 5.95. The Morgan fingerprint density at radius 1 is 1.04 bits per heavy atom. The van der Waals surface area contributed by atoms with Gasteiger partial charge in [-0.15, -0.1) is 0 Å². The summed E-state index contributed by atoms with van der Waals surface area (Å²) in [6.07, 6.45) is 5.30. The van der Waals surface area contributed by atoms with E-state index in [1.807, 2.05) is 6.07 Å². The molecule has 136 valence electrons. The highest BCUT2D eigenvalue weighted by Crippen LogP contribution is 2.44. The van der Waals surface area contributed by atoms with Gasteiger partial charge in [0.05, 0.1) is 4.90 Å². The van der Waals surface area contributed by atoms with Crippen molar-refractivity contribution in [1.29, 1.82) is 0 Å². The minimum atomic E-state index is -3.40. The molecule has 1 heterocycles. The monoisotopic (exact) mass is 379 g/mol. The number of hydrogen-bond acceptors (Lipinski definition) is 3. The van der Waals surface area contributed by atoms with E-state index in [1.165, 1.54) is 25.7 Å². The van der Waals surface area contributed by atoms with E-state index in [-0.39, 0.29) is 0 Å². The van der Waals surface area contributed by atoms with Crippen LogP contribution in [0.5, 0.6) is 0 Å². The van der Waals surface area contributed by atoms with Gasteiger partial charge in [0.2, 0.25) is 10.0 Å². The summed E-state index contributed by atoms with van der Waals surface area (Å²) in [5.41, 5.74) is 0. The van der Waals surface area contributed by atoms with Crippen LogP contribution in [0.2, 0.25) is 0 Å². The van der Waals surface area contributed by atoms with Crippen molar-refractivity contribution in [3.8, 4) is 0 Å². The fraction of sp³-hybridized carbons (Fsp3) is 0.611. The van der Waals surface area contributed by atoms with Crippen molar-refractivity contribution < 1.29 is 8.42 Å². The van der Waals surface area contributed by atoms with Crippen LogP contribution in [-0.4, -0.2) is 55.0 Å². The molecule has 3 aliphatic rings. The molecule has 4 rings (SSSR count). The molecule has 2 saturated carbocycles. The van der Waals surface area contributed by atoms with Crippen LogP contribution in [0.3, 0.4) is 0 Å². The molecular formula is C18H25N3O2S2. The fourth-order valence-corrected chi connectivity index (χ4v) is 6.32. The van der Waals surface area contributed by atoms with Crippen LogP contribution in [0.15, 0.2) is 35.2 Å². The normalized spacial score (nSPS) is 29.8. The maximum Gasteiger partial charge on any atom is 0.243 e. The van der Waals surface area contributed by atoms with Crippen LogP contribution in [0.1, 0.15) is 25.7 Å². The molecule has 5 nitrogen and oxygen atoms in total. The molecule has 25 heavy (non-hydrogen) atoms. The average Bonchev–Trinajstić information content (AvgIpc) is 3.25. The highest BCUT2D eigenvalue weighted by atomic mass is 32.2. The fourth-order valence-electron chi connectivity index (χ4n) is 4.54. The first kappa shape index (κ1) is 17.2. The van der Waals surface area contributed by atoms with Gasteiger partial charge in [-0.05, 0) is 55.4 Å². The van der Waals surface area contributed by atoms with Crippen LogP contribution in [0.4, 0.5) is 0 Å². The summed E-state index contributed by atoms with van der Waals surface area (Å²) in [7, 11) is -3.40. The van der Waals surface area contributed by atoms with Crippen molar-refractivity contribution in [2.24, 2.45) is 11.8 Å². The molecule has 3 atom stereocenters. The van der Waals surface area contributed by atoms with E-state index in [0.29, 0.717) is 37.1 Å². The van der Waals surface area contributed by atoms with Gasteiger partial charge in [-0.25, -0.2) is 8.42 Å². The molecule has 2 bridgehead atoms. The predicted octanol–water partition coefficient (Wildman–Crippen LogP) is 2.06. The zero-order valence-corrected chi connectivity index (χ0v) is 15.9. The molecule has 1 aromatic rings. The van der Waals surface area contributed by atoms with Gasteiger partial charge in [0.25, 0.3) is 0 Å². The molecule has 1 saturated heterocycles. The summed E-state index contributed by atoms with van der Waals surface area (Å²) in [5.74, 6) is 1.67. The second-order valence-electron chi connectivity index (χ2n) is 7.44. The first-order valence-electron chi connectivity index (χ1n) is 9.14. The lowest BCUT2D eigenvalue weighted by Gasteiger charge is -2.37. The average molecular weight is 380 g/mol. The number of nitrogens with zero attached hydrogens (tertiary/aromatic N) is 2. The number of fused-ring (bicyclic) bond motifs is 2. The molecule has 0 aromatic heterocycles. The summed E-state index contributed by atoms with van der Waals surface area (Å²) in [6.45, 7) is 2.27. The van der Waals surface area contributed by atoms with Gasteiger partial charge >= 0.3 is 0 Å². The SMILES string of the molecule is O=S(=O)(c1ccccc1)N1CCN(C(=S)N[C@H]2C[C@H]3CC[C@@H]2C3)CC1. The predicted molar refractivity (Wildman–Crippen MR) is 102 cm³/mol. The molecule has 0 amide bonds. The van der Waals surface area contributed by atoms with Crippen LogP contribution in [0.25, 0.3) is 0 Å². The summed E-state index contributed by atoms with van der Waals surface area (Å²) in [5, 5.41) is 4.35. The van der Waals surface area contributed by atoms with E-state index in [1.54, 1.807) is 28.6 Å². The molecule has 1 aliphatic heterocycles. The topological polar surface area (TPSA) is 52.7 Å². The van der Waals surface area contributed by atoms with E-state index in [2.05, 4.69) is 10.2 Å². The first-order chi connectivity index (χ1) is 12.0. The molecule has 0 radical (unpaired) electrons. The standard InChI is InChI=1S/C18H25N3O2S2/c22-25(23,16-4-2-1-3-5-16)21-10-8-20(9-11-21)18(24)19-17-13-14-6-7-15(17)12-14/h1-5,14-15,17H,6-13H2,(H,19,24)/t14-,15+,17-/m0/s1. The van der Waals surface area contributed by atoms with Gasteiger partial charge in [-0.1, -0.05) is 24.6 Å². The molecule has 3 fully saturated rings. The second-order valence-corrected chi connectivity index (χ2v) is 9.76. The van der Waals surface area contributed by atoms with E-state index < -0.39 is 10.0 Å². The Balaban J connectivity index is 1.33. The van der Waals surface area contributed by atoms with Crippen molar-refractivity contribution in [3.05, 3.63) is 30.3 Å². The molecule has 1 aromatic carbocycles.